The average Bonchev–Trinajstić information content (AvgIpc) is 3.44. The smallest absolute Gasteiger partial charge is 0.231 e. The maximum atomic E-state index is 13.4. The topological polar surface area (TPSA) is 40.2 Å². The van der Waals surface area contributed by atoms with Crippen LogP contribution in [-0.2, 0) is 4.74 Å². The Bertz CT molecular complexity index is 853. The van der Waals surface area contributed by atoms with Crippen molar-refractivity contribution in [3.05, 3.63) is 53.8 Å². The highest BCUT2D eigenvalue weighted by atomic mass is 19.1. The van der Waals surface area contributed by atoms with Gasteiger partial charge in [0.2, 0.25) is 6.79 Å². The van der Waals surface area contributed by atoms with Crippen LogP contribution < -0.4 is 14.2 Å². The van der Waals surface area contributed by atoms with Crippen LogP contribution in [0, 0.1) is 11.7 Å². The molecule has 1 unspecified atom stereocenters. The lowest BCUT2D eigenvalue weighted by Gasteiger charge is -2.39. The summed E-state index contributed by atoms with van der Waals surface area (Å²) in [6, 6.07) is 12.7. The van der Waals surface area contributed by atoms with Gasteiger partial charge in [0, 0.05) is 31.7 Å². The monoisotopic (exact) mass is 413 g/mol. The van der Waals surface area contributed by atoms with E-state index in [4.69, 9.17) is 18.9 Å². The molecule has 0 radical (unpaired) electrons. The van der Waals surface area contributed by atoms with Gasteiger partial charge in [-0.05, 0) is 61.6 Å². The first-order valence-electron chi connectivity index (χ1n) is 10.9. The molecule has 3 atom stereocenters. The Morgan fingerprint density at radius 2 is 1.90 bits per heavy atom. The summed E-state index contributed by atoms with van der Waals surface area (Å²) in [5.74, 6) is 2.74. The van der Waals surface area contributed by atoms with Crippen molar-refractivity contribution < 1.29 is 23.3 Å². The molecule has 2 aromatic carbocycles. The minimum atomic E-state index is -0.192. The molecule has 6 heteroatoms. The molecule has 3 heterocycles. The fourth-order valence-corrected chi connectivity index (χ4v) is 4.84. The van der Waals surface area contributed by atoms with Crippen molar-refractivity contribution in [2.24, 2.45) is 5.92 Å². The first-order chi connectivity index (χ1) is 14.7. The molecule has 0 aromatic heterocycles. The first-order valence-corrected chi connectivity index (χ1v) is 10.9. The van der Waals surface area contributed by atoms with Gasteiger partial charge in [0.1, 0.15) is 11.6 Å². The first kappa shape index (κ1) is 19.6. The second kappa shape index (κ2) is 8.82. The number of nitrogens with zero attached hydrogens (tertiary/aromatic N) is 1. The number of fused-ring (bicyclic) bond motifs is 1. The Kier molecular flexibility index (Phi) is 5.77. The molecule has 0 N–H and O–H groups in total. The van der Waals surface area contributed by atoms with Crippen molar-refractivity contribution in [2.75, 3.05) is 39.6 Å². The van der Waals surface area contributed by atoms with E-state index in [1.807, 2.05) is 30.3 Å². The van der Waals surface area contributed by atoms with E-state index < -0.39 is 0 Å². The third kappa shape index (κ3) is 4.40. The molecule has 30 heavy (non-hydrogen) atoms. The summed E-state index contributed by atoms with van der Waals surface area (Å²) in [7, 11) is 0. The van der Waals surface area contributed by atoms with Gasteiger partial charge in [-0.1, -0.05) is 12.1 Å². The van der Waals surface area contributed by atoms with Gasteiger partial charge in [0.05, 0.1) is 12.7 Å². The van der Waals surface area contributed by atoms with Crippen LogP contribution >= 0.6 is 0 Å². The highest BCUT2D eigenvalue weighted by Gasteiger charge is 2.32. The highest BCUT2D eigenvalue weighted by molar-refractivity contribution is 5.46. The van der Waals surface area contributed by atoms with Crippen molar-refractivity contribution in [1.29, 1.82) is 0 Å². The van der Waals surface area contributed by atoms with Crippen LogP contribution in [0.5, 0.6) is 17.2 Å². The molecular formula is C24H28FNO4. The quantitative estimate of drug-likeness (QED) is 0.709. The minimum Gasteiger partial charge on any atom is -0.493 e. The largest absolute Gasteiger partial charge is 0.493 e. The lowest BCUT2D eigenvalue weighted by molar-refractivity contribution is 0.0431. The van der Waals surface area contributed by atoms with E-state index in [2.05, 4.69) is 4.90 Å². The lowest BCUT2D eigenvalue weighted by atomic mass is 9.80. The predicted molar refractivity (Wildman–Crippen MR) is 111 cm³/mol. The molecule has 0 bridgehead atoms. The van der Waals surface area contributed by atoms with Gasteiger partial charge < -0.3 is 23.8 Å². The number of benzene rings is 2. The minimum absolute atomic E-state index is 0.192. The molecule has 0 amide bonds. The van der Waals surface area contributed by atoms with Crippen LogP contribution in [-0.4, -0.2) is 50.6 Å². The second-order valence-electron chi connectivity index (χ2n) is 8.43. The zero-order valence-electron chi connectivity index (χ0n) is 17.1. The number of hydrogen-bond acceptors (Lipinski definition) is 5. The molecular weight excluding hydrogens is 385 g/mol. The predicted octanol–water partition coefficient (Wildman–Crippen LogP) is 4.22. The fourth-order valence-electron chi connectivity index (χ4n) is 4.84. The van der Waals surface area contributed by atoms with Crippen molar-refractivity contribution >= 4 is 0 Å². The van der Waals surface area contributed by atoms with E-state index in [0.717, 1.165) is 62.8 Å². The van der Waals surface area contributed by atoms with Gasteiger partial charge in [-0.25, -0.2) is 4.39 Å². The Labute approximate surface area is 176 Å². The molecule has 2 saturated heterocycles. The SMILES string of the molecule is Fc1ccc([C@@H]2CCN(CC3CCCO3)C[C@H]2COc2ccc3c(c2)OCO3)cc1. The van der Waals surface area contributed by atoms with E-state index in [9.17, 15) is 4.39 Å². The van der Waals surface area contributed by atoms with Gasteiger partial charge >= 0.3 is 0 Å². The molecule has 0 aliphatic carbocycles. The Morgan fingerprint density at radius 3 is 2.73 bits per heavy atom. The number of hydrogen-bond donors (Lipinski definition) is 0. The van der Waals surface area contributed by atoms with Crippen LogP contribution in [0.2, 0.25) is 0 Å². The summed E-state index contributed by atoms with van der Waals surface area (Å²) in [4.78, 5) is 2.50. The zero-order chi connectivity index (χ0) is 20.3. The van der Waals surface area contributed by atoms with Gasteiger partial charge in [-0.15, -0.1) is 0 Å². The third-order valence-electron chi connectivity index (χ3n) is 6.41. The summed E-state index contributed by atoms with van der Waals surface area (Å²) in [6.45, 7) is 4.70. The molecule has 3 aliphatic heterocycles. The fraction of sp³-hybridized carbons (Fsp3) is 0.500. The third-order valence-corrected chi connectivity index (χ3v) is 6.41. The standard InChI is InChI=1S/C24H28FNO4/c25-19-5-3-17(4-6-19)22-9-10-26(14-21-2-1-11-27-21)13-18(22)15-28-20-7-8-23-24(12-20)30-16-29-23/h3-8,12,18,21-22H,1-2,9-11,13-16H2/t18-,21?,22-/m0/s1. The molecule has 160 valence electrons. The summed E-state index contributed by atoms with van der Waals surface area (Å²) in [5.41, 5.74) is 1.19. The Hall–Kier alpha value is -2.31. The molecule has 0 spiro atoms. The summed E-state index contributed by atoms with van der Waals surface area (Å²) < 4.78 is 36.3. The molecule has 0 saturated carbocycles. The van der Waals surface area contributed by atoms with E-state index in [-0.39, 0.29) is 12.6 Å². The number of halogens is 1. The Balaban J connectivity index is 1.28. The van der Waals surface area contributed by atoms with E-state index in [0.29, 0.717) is 24.5 Å². The lowest BCUT2D eigenvalue weighted by Crippen LogP contribution is -2.44. The molecule has 5 nitrogen and oxygen atoms in total. The summed E-state index contributed by atoms with van der Waals surface area (Å²) in [6.07, 6.45) is 3.69. The van der Waals surface area contributed by atoms with E-state index >= 15 is 0 Å². The maximum absolute atomic E-state index is 13.4. The zero-order valence-corrected chi connectivity index (χ0v) is 17.1. The van der Waals surface area contributed by atoms with Crippen LogP contribution in [0.4, 0.5) is 4.39 Å². The summed E-state index contributed by atoms with van der Waals surface area (Å²) in [5, 5.41) is 0. The second-order valence-corrected chi connectivity index (χ2v) is 8.43. The van der Waals surface area contributed by atoms with Crippen LogP contribution in [0.1, 0.15) is 30.7 Å². The molecule has 3 aliphatic rings. The number of rotatable bonds is 6. The Morgan fingerprint density at radius 1 is 1.03 bits per heavy atom. The number of piperidine rings is 1. The van der Waals surface area contributed by atoms with Gasteiger partial charge in [-0.3, -0.25) is 0 Å². The maximum Gasteiger partial charge on any atom is 0.231 e. The number of likely N-dealkylation sites (tertiary alicyclic amines) is 1. The van der Waals surface area contributed by atoms with Crippen LogP contribution in [0.15, 0.2) is 42.5 Å². The van der Waals surface area contributed by atoms with E-state index in [1.54, 1.807) is 12.1 Å². The van der Waals surface area contributed by atoms with Crippen molar-refractivity contribution in [3.8, 4) is 17.2 Å². The van der Waals surface area contributed by atoms with Gasteiger partial charge in [0.15, 0.2) is 11.5 Å². The average molecular weight is 413 g/mol. The molecule has 5 rings (SSSR count). The number of ether oxygens (including phenoxy) is 4. The van der Waals surface area contributed by atoms with Crippen LogP contribution in [0.3, 0.4) is 0 Å². The van der Waals surface area contributed by atoms with Gasteiger partial charge in [-0.2, -0.15) is 0 Å². The molecule has 2 aromatic rings. The summed E-state index contributed by atoms with van der Waals surface area (Å²) >= 11 is 0. The van der Waals surface area contributed by atoms with E-state index in [1.165, 1.54) is 5.56 Å². The van der Waals surface area contributed by atoms with Crippen LogP contribution in [0.25, 0.3) is 0 Å². The normalized spacial score (nSPS) is 26.1. The molecule has 2 fully saturated rings. The van der Waals surface area contributed by atoms with Gasteiger partial charge in [0.25, 0.3) is 0 Å². The van der Waals surface area contributed by atoms with Crippen molar-refractivity contribution in [3.63, 3.8) is 0 Å². The van der Waals surface area contributed by atoms with Crippen molar-refractivity contribution in [1.82, 2.24) is 4.90 Å². The highest BCUT2D eigenvalue weighted by Crippen LogP contribution is 2.37. The van der Waals surface area contributed by atoms with Crippen molar-refractivity contribution in [2.45, 2.75) is 31.3 Å².